The molecule has 43 heavy (non-hydrogen) atoms. The Kier molecular flexibility index (Phi) is 9.13. The lowest BCUT2D eigenvalue weighted by Crippen LogP contribution is -2.45. The smallest absolute Gasteiger partial charge is 0.416 e. The molecule has 0 spiro atoms. The minimum absolute atomic E-state index is 0.0114. The fourth-order valence-corrected chi connectivity index (χ4v) is 5.92. The van der Waals surface area contributed by atoms with Crippen LogP contribution in [0, 0.1) is 11.6 Å². The summed E-state index contributed by atoms with van der Waals surface area (Å²) in [6.45, 7) is -0.447. The van der Waals surface area contributed by atoms with E-state index >= 15 is 0 Å². The first-order chi connectivity index (χ1) is 20.2. The second kappa shape index (κ2) is 12.5. The maximum Gasteiger partial charge on any atom is 0.416 e. The van der Waals surface area contributed by atoms with E-state index in [4.69, 9.17) is 9.84 Å². The first kappa shape index (κ1) is 31.5. The highest BCUT2D eigenvalue weighted by Gasteiger charge is 2.37. The molecule has 0 aromatic heterocycles. The maximum atomic E-state index is 14.5. The summed E-state index contributed by atoms with van der Waals surface area (Å²) in [6, 6.07) is 9.34. The molecule has 9 nitrogen and oxygen atoms in total. The van der Waals surface area contributed by atoms with E-state index in [2.05, 4.69) is 5.32 Å². The molecule has 1 heterocycles. The number of rotatable bonds is 9. The van der Waals surface area contributed by atoms with E-state index in [1.807, 2.05) is 0 Å². The number of alkyl halides is 3. The summed E-state index contributed by atoms with van der Waals surface area (Å²) in [5.74, 6) is -2.60. The van der Waals surface area contributed by atoms with Gasteiger partial charge in [0.25, 0.3) is 10.0 Å². The van der Waals surface area contributed by atoms with Gasteiger partial charge in [-0.3, -0.25) is 9.10 Å². The monoisotopic (exact) mass is 627 g/mol. The Balaban J connectivity index is 1.66. The van der Waals surface area contributed by atoms with E-state index in [-0.39, 0.29) is 55.0 Å². The average Bonchev–Trinajstić information content (AvgIpc) is 2.96. The Morgan fingerprint density at radius 2 is 1.84 bits per heavy atom. The molecular weight excluding hydrogens is 601 g/mol. The van der Waals surface area contributed by atoms with Gasteiger partial charge in [-0.1, -0.05) is 12.1 Å². The van der Waals surface area contributed by atoms with Crippen LogP contribution in [-0.2, 0) is 21.0 Å². The van der Waals surface area contributed by atoms with Crippen molar-refractivity contribution in [1.29, 1.82) is 0 Å². The van der Waals surface area contributed by atoms with Crippen molar-refractivity contribution in [3.05, 3.63) is 77.9 Å². The van der Waals surface area contributed by atoms with Crippen molar-refractivity contribution in [3.8, 4) is 16.9 Å². The number of fused-ring (bicyclic) bond motifs is 1. The molecule has 15 heteroatoms. The van der Waals surface area contributed by atoms with Crippen LogP contribution >= 0.6 is 0 Å². The molecule has 230 valence electrons. The number of sulfonamides is 1. The molecule has 0 saturated heterocycles. The quantitative estimate of drug-likeness (QED) is 0.319. The van der Waals surface area contributed by atoms with E-state index in [1.165, 1.54) is 25.2 Å². The summed E-state index contributed by atoms with van der Waals surface area (Å²) in [4.78, 5) is 23.5. The number of aliphatic carboxylic acids is 1. The number of nitrogens with zero attached hydrogens (tertiary/aromatic N) is 2. The van der Waals surface area contributed by atoms with Gasteiger partial charge in [0.2, 0.25) is 0 Å². The van der Waals surface area contributed by atoms with Crippen molar-refractivity contribution in [3.63, 3.8) is 0 Å². The summed E-state index contributed by atoms with van der Waals surface area (Å²) in [5.41, 5.74) is -1.36. The van der Waals surface area contributed by atoms with E-state index in [9.17, 15) is 40.0 Å². The third kappa shape index (κ3) is 7.34. The largest absolute Gasteiger partial charge is 0.486 e. The van der Waals surface area contributed by atoms with Crippen LogP contribution in [0.3, 0.4) is 0 Å². The molecule has 0 radical (unpaired) electrons. The zero-order chi connectivity index (χ0) is 31.5. The van der Waals surface area contributed by atoms with E-state index in [0.29, 0.717) is 6.07 Å². The van der Waals surface area contributed by atoms with Gasteiger partial charge in [-0.2, -0.15) is 13.2 Å². The van der Waals surface area contributed by atoms with Gasteiger partial charge in [0.05, 0.1) is 29.1 Å². The Bertz CT molecular complexity index is 1630. The molecule has 1 aliphatic rings. The minimum Gasteiger partial charge on any atom is -0.486 e. The summed E-state index contributed by atoms with van der Waals surface area (Å²) >= 11 is 0. The number of nitrogens with one attached hydrogen (secondary N) is 1. The number of halogens is 5. The normalized spacial score (nSPS) is 14.9. The highest BCUT2D eigenvalue weighted by Crippen LogP contribution is 2.41. The zero-order valence-corrected chi connectivity index (χ0v) is 23.4. The highest BCUT2D eigenvalue weighted by atomic mass is 32.2. The van der Waals surface area contributed by atoms with Crippen LogP contribution in [-0.4, -0.2) is 63.2 Å². The van der Waals surface area contributed by atoms with Crippen molar-refractivity contribution in [2.45, 2.75) is 30.0 Å². The van der Waals surface area contributed by atoms with Crippen LogP contribution < -0.4 is 14.4 Å². The Hall–Kier alpha value is -4.40. The van der Waals surface area contributed by atoms with E-state index < -0.39 is 56.4 Å². The van der Waals surface area contributed by atoms with Gasteiger partial charge in [-0.15, -0.1) is 0 Å². The number of benzene rings is 3. The number of urea groups is 1. The molecule has 0 aliphatic carbocycles. The van der Waals surface area contributed by atoms with Gasteiger partial charge in [0.15, 0.2) is 0 Å². The third-order valence-corrected chi connectivity index (χ3v) is 8.41. The van der Waals surface area contributed by atoms with Crippen LogP contribution in [0.1, 0.15) is 18.4 Å². The molecule has 1 atom stereocenters. The summed E-state index contributed by atoms with van der Waals surface area (Å²) in [7, 11) is -3.25. The number of carboxylic acid groups (broad SMARTS) is 1. The molecule has 0 saturated carbocycles. The number of hydrogen-bond donors (Lipinski definition) is 2. The van der Waals surface area contributed by atoms with Crippen LogP contribution in [0.2, 0.25) is 0 Å². The maximum absolute atomic E-state index is 14.5. The van der Waals surface area contributed by atoms with Crippen LogP contribution in [0.4, 0.5) is 32.4 Å². The Morgan fingerprint density at radius 3 is 2.53 bits per heavy atom. The molecular formula is C28H26F5N3O6S. The first-order valence-electron chi connectivity index (χ1n) is 12.8. The Morgan fingerprint density at radius 1 is 1.09 bits per heavy atom. The van der Waals surface area contributed by atoms with Gasteiger partial charge in [-0.05, 0) is 54.1 Å². The minimum atomic E-state index is -4.81. The van der Waals surface area contributed by atoms with Gasteiger partial charge in [0.1, 0.15) is 23.5 Å². The predicted molar refractivity (Wildman–Crippen MR) is 145 cm³/mol. The molecule has 1 aliphatic heterocycles. The number of carbonyl (C=O) groups excluding carboxylic acids is 1. The molecule has 0 bridgehead atoms. The lowest BCUT2D eigenvalue weighted by atomic mass is 10.0. The molecule has 2 N–H and O–H groups in total. The van der Waals surface area contributed by atoms with Crippen molar-refractivity contribution in [1.82, 2.24) is 10.2 Å². The zero-order valence-electron chi connectivity index (χ0n) is 22.6. The first-order valence-corrected chi connectivity index (χ1v) is 14.3. The average molecular weight is 628 g/mol. The fourth-order valence-electron chi connectivity index (χ4n) is 4.38. The number of ether oxygens (including phenoxy) is 1. The SMILES string of the molecule is CN(CCC(=O)O)C(=O)NCC[C@H]1CN(S(=O)(=O)c2cccc(C(F)(F)F)c2)c2cc(-c3cc(F)ccc3F)ccc2O1. The summed E-state index contributed by atoms with van der Waals surface area (Å²) in [5, 5.41) is 11.4. The van der Waals surface area contributed by atoms with Crippen LogP contribution in [0.25, 0.3) is 11.1 Å². The number of hydrogen-bond acceptors (Lipinski definition) is 5. The standard InChI is InChI=1S/C28H26F5N3O6S/c1-35(12-10-26(37)38)27(39)34-11-9-20-16-36(43(40,41)21-4-2-3-18(14-21)28(31,32)33)24-13-17(5-8-25(24)42-20)22-15-19(29)6-7-23(22)30/h2-8,13-15,20H,9-12,16H2,1H3,(H,34,39)(H,37,38)/t20-/m0/s1. The van der Waals surface area contributed by atoms with Gasteiger partial charge in [-0.25, -0.2) is 22.0 Å². The van der Waals surface area contributed by atoms with E-state index in [1.54, 1.807) is 0 Å². The lowest BCUT2D eigenvalue weighted by Gasteiger charge is -2.36. The van der Waals surface area contributed by atoms with Gasteiger partial charge >= 0.3 is 18.2 Å². The second-order valence-electron chi connectivity index (χ2n) is 9.69. The topological polar surface area (TPSA) is 116 Å². The van der Waals surface area contributed by atoms with Gasteiger partial charge < -0.3 is 20.1 Å². The molecule has 0 fully saturated rings. The highest BCUT2D eigenvalue weighted by molar-refractivity contribution is 7.92. The molecule has 2 amide bonds. The third-order valence-electron chi connectivity index (χ3n) is 6.63. The molecule has 3 aromatic rings. The van der Waals surface area contributed by atoms with Gasteiger partial charge in [0, 0.05) is 32.1 Å². The summed E-state index contributed by atoms with van der Waals surface area (Å²) < 4.78 is 103. The fraction of sp³-hybridized carbons (Fsp3) is 0.286. The number of carbonyl (C=O) groups is 2. The molecule has 4 rings (SSSR count). The van der Waals surface area contributed by atoms with Crippen LogP contribution in [0.5, 0.6) is 5.75 Å². The number of amides is 2. The van der Waals surface area contributed by atoms with Crippen molar-refractivity contribution in [2.24, 2.45) is 0 Å². The molecule has 0 unspecified atom stereocenters. The van der Waals surface area contributed by atoms with Crippen molar-refractivity contribution in [2.75, 3.05) is 31.0 Å². The van der Waals surface area contributed by atoms with E-state index in [0.717, 1.165) is 45.6 Å². The predicted octanol–water partition coefficient (Wildman–Crippen LogP) is 5.11. The van der Waals surface area contributed by atoms with Crippen molar-refractivity contribution >= 4 is 27.7 Å². The lowest BCUT2D eigenvalue weighted by molar-refractivity contribution is -0.138. The van der Waals surface area contributed by atoms with Crippen molar-refractivity contribution < 1.29 is 49.8 Å². The molecule has 3 aromatic carbocycles. The Labute approximate surface area is 243 Å². The number of carboxylic acids is 1. The summed E-state index contributed by atoms with van der Waals surface area (Å²) in [6.07, 6.45) is -5.90. The number of anilines is 1. The second-order valence-corrected chi connectivity index (χ2v) is 11.6. The van der Waals surface area contributed by atoms with Crippen LogP contribution in [0.15, 0.2) is 65.6 Å².